The highest BCUT2D eigenvalue weighted by Crippen LogP contribution is 2.32. The van der Waals surface area contributed by atoms with Gasteiger partial charge in [-0.05, 0) is 6.07 Å². The van der Waals surface area contributed by atoms with Gasteiger partial charge in [0.1, 0.15) is 5.82 Å². The zero-order valence-corrected chi connectivity index (χ0v) is 11.6. The smallest absolute Gasteiger partial charge is 0.389 e. The maximum Gasteiger partial charge on any atom is 0.417 e. The van der Waals surface area contributed by atoms with Gasteiger partial charge in [-0.1, -0.05) is 11.6 Å². The fourth-order valence-corrected chi connectivity index (χ4v) is 2.06. The number of hydrogen-bond acceptors (Lipinski definition) is 4. The fourth-order valence-electron chi connectivity index (χ4n) is 1.83. The molecule has 1 amide bonds. The average molecular weight is 324 g/mol. The second-order valence-corrected chi connectivity index (χ2v) is 5.09. The van der Waals surface area contributed by atoms with E-state index >= 15 is 0 Å². The zero-order chi connectivity index (χ0) is 15.6. The number of rotatable bonds is 4. The van der Waals surface area contributed by atoms with Gasteiger partial charge in [0.2, 0.25) is 5.91 Å². The molecule has 5 nitrogen and oxygen atoms in total. The lowest BCUT2D eigenvalue weighted by Gasteiger charge is -2.35. The maximum atomic E-state index is 12.4. The molecule has 1 aromatic rings. The summed E-state index contributed by atoms with van der Waals surface area (Å²) in [5, 5.41) is 11.6. The molecule has 2 N–H and O–H groups in total. The van der Waals surface area contributed by atoms with E-state index in [0.717, 1.165) is 6.07 Å². The van der Waals surface area contributed by atoms with E-state index in [9.17, 15) is 18.0 Å². The molecular weight excluding hydrogens is 311 g/mol. The van der Waals surface area contributed by atoms with Crippen molar-refractivity contribution >= 4 is 23.3 Å². The van der Waals surface area contributed by atoms with Crippen molar-refractivity contribution in [3.63, 3.8) is 0 Å². The van der Waals surface area contributed by atoms with Crippen LogP contribution in [0.25, 0.3) is 0 Å². The van der Waals surface area contributed by atoms with E-state index in [1.807, 2.05) is 0 Å². The summed E-state index contributed by atoms with van der Waals surface area (Å²) >= 11 is 5.72. The third-order valence-corrected chi connectivity index (χ3v) is 3.30. The van der Waals surface area contributed by atoms with Crippen LogP contribution in [0.4, 0.5) is 19.0 Å². The Morgan fingerprint density at radius 1 is 1.52 bits per heavy atom. The third kappa shape index (κ3) is 3.98. The van der Waals surface area contributed by atoms with E-state index in [4.69, 9.17) is 16.7 Å². The lowest BCUT2D eigenvalue weighted by Crippen LogP contribution is -2.53. The molecule has 0 aliphatic carbocycles. The van der Waals surface area contributed by atoms with Crippen molar-refractivity contribution in [1.82, 2.24) is 9.88 Å². The highest BCUT2D eigenvalue weighted by atomic mass is 35.5. The van der Waals surface area contributed by atoms with Crippen molar-refractivity contribution in [2.75, 3.05) is 25.0 Å². The van der Waals surface area contributed by atoms with Crippen LogP contribution in [-0.4, -0.2) is 46.6 Å². The minimum Gasteiger partial charge on any atom is -0.389 e. The predicted molar refractivity (Wildman–Crippen MR) is 69.9 cm³/mol. The van der Waals surface area contributed by atoms with Crippen LogP contribution in [0, 0.1) is 0 Å². The molecule has 116 valence electrons. The van der Waals surface area contributed by atoms with Gasteiger partial charge < -0.3 is 15.3 Å². The maximum absolute atomic E-state index is 12.4. The normalized spacial score (nSPS) is 15.8. The van der Waals surface area contributed by atoms with E-state index in [1.54, 1.807) is 0 Å². The Morgan fingerprint density at radius 3 is 2.71 bits per heavy atom. The number of nitrogens with zero attached hydrogens (tertiary/aromatic N) is 2. The first-order chi connectivity index (χ1) is 9.77. The Morgan fingerprint density at radius 2 is 2.19 bits per heavy atom. The molecule has 1 saturated heterocycles. The minimum absolute atomic E-state index is 0.0983. The summed E-state index contributed by atoms with van der Waals surface area (Å²) in [5.41, 5.74) is -0.927. The Bertz CT molecular complexity index is 533. The number of β-amino-alcohol motifs (C(OH)–C–C–N with tert-alkyl or cyclic N) is 1. The summed E-state index contributed by atoms with van der Waals surface area (Å²) in [6.45, 7) is 0.833. The van der Waals surface area contributed by atoms with E-state index in [0.29, 0.717) is 19.3 Å². The number of aliphatic hydroxyl groups excluding tert-OH is 1. The largest absolute Gasteiger partial charge is 0.417 e. The Hall–Kier alpha value is -1.54. The minimum atomic E-state index is -4.50. The van der Waals surface area contributed by atoms with Crippen LogP contribution in [0.5, 0.6) is 0 Å². The summed E-state index contributed by atoms with van der Waals surface area (Å²) in [6.07, 6.45) is -4.13. The van der Waals surface area contributed by atoms with Crippen LogP contribution >= 0.6 is 11.6 Å². The number of aliphatic hydroxyl groups is 1. The van der Waals surface area contributed by atoms with Gasteiger partial charge >= 0.3 is 6.18 Å². The number of pyridine rings is 1. The molecule has 0 aromatic carbocycles. The van der Waals surface area contributed by atoms with Crippen LogP contribution in [0.3, 0.4) is 0 Å². The lowest BCUT2D eigenvalue weighted by atomic mass is 10.1. The average Bonchev–Trinajstić information content (AvgIpc) is 2.35. The molecule has 0 atom stereocenters. The molecule has 0 unspecified atom stereocenters. The number of likely N-dealkylation sites (tertiary alicyclic amines) is 1. The summed E-state index contributed by atoms with van der Waals surface area (Å²) in [7, 11) is 0. The Kier molecular flexibility index (Phi) is 4.58. The summed E-state index contributed by atoms with van der Waals surface area (Å²) < 4.78 is 37.3. The molecular formula is C12H13ClF3N3O2. The molecule has 2 rings (SSSR count). The molecule has 0 bridgehead atoms. The summed E-state index contributed by atoms with van der Waals surface area (Å²) in [5.74, 6) is -0.0445. The SMILES string of the molecule is O=C(CCNc1ncc(C(F)(F)F)cc1Cl)N1CC(O)C1. The molecule has 1 aliphatic heterocycles. The van der Waals surface area contributed by atoms with Crippen LogP contribution in [-0.2, 0) is 11.0 Å². The van der Waals surface area contributed by atoms with Gasteiger partial charge in [0, 0.05) is 32.3 Å². The molecule has 1 aromatic heterocycles. The van der Waals surface area contributed by atoms with Crippen molar-refractivity contribution in [2.45, 2.75) is 18.7 Å². The quantitative estimate of drug-likeness (QED) is 0.886. The monoisotopic (exact) mass is 323 g/mol. The topological polar surface area (TPSA) is 65.5 Å². The van der Waals surface area contributed by atoms with Gasteiger partial charge in [0.15, 0.2) is 0 Å². The Labute approximate surface area is 123 Å². The number of alkyl halides is 3. The van der Waals surface area contributed by atoms with Crippen LogP contribution < -0.4 is 5.32 Å². The standard InChI is InChI=1S/C12H13ClF3N3O2/c13-9-3-7(12(14,15)16)4-18-11(9)17-2-1-10(21)19-5-8(20)6-19/h3-4,8,20H,1-2,5-6H2,(H,17,18). The number of nitrogens with one attached hydrogen (secondary N) is 1. The van der Waals surface area contributed by atoms with Crippen LogP contribution in [0.2, 0.25) is 5.02 Å². The van der Waals surface area contributed by atoms with Gasteiger partial charge in [-0.25, -0.2) is 4.98 Å². The van der Waals surface area contributed by atoms with E-state index in [1.165, 1.54) is 4.90 Å². The van der Waals surface area contributed by atoms with Crippen LogP contribution in [0.1, 0.15) is 12.0 Å². The predicted octanol–water partition coefficient (Wildman–Crippen LogP) is 1.76. The summed E-state index contributed by atoms with van der Waals surface area (Å²) in [6, 6.07) is 0.782. The highest BCUT2D eigenvalue weighted by Gasteiger charge is 2.31. The fraction of sp³-hybridized carbons (Fsp3) is 0.500. The molecule has 0 spiro atoms. The first-order valence-electron chi connectivity index (χ1n) is 6.20. The van der Waals surface area contributed by atoms with Gasteiger partial charge in [-0.3, -0.25) is 4.79 Å². The molecule has 21 heavy (non-hydrogen) atoms. The van der Waals surface area contributed by atoms with Crippen molar-refractivity contribution < 1.29 is 23.1 Å². The molecule has 0 radical (unpaired) electrons. The first-order valence-corrected chi connectivity index (χ1v) is 6.57. The van der Waals surface area contributed by atoms with Crippen molar-refractivity contribution in [2.24, 2.45) is 0 Å². The highest BCUT2D eigenvalue weighted by molar-refractivity contribution is 6.32. The molecule has 1 aliphatic rings. The number of carbonyl (C=O) groups is 1. The third-order valence-electron chi connectivity index (χ3n) is 3.01. The summed E-state index contributed by atoms with van der Waals surface area (Å²) in [4.78, 5) is 16.7. The first kappa shape index (κ1) is 15.8. The van der Waals surface area contributed by atoms with E-state index < -0.39 is 17.8 Å². The van der Waals surface area contributed by atoms with Gasteiger partial charge in [0.25, 0.3) is 0 Å². The van der Waals surface area contributed by atoms with Gasteiger partial charge in [0.05, 0.1) is 16.7 Å². The van der Waals surface area contributed by atoms with Crippen molar-refractivity contribution in [3.8, 4) is 0 Å². The molecule has 0 saturated carbocycles. The number of halogens is 4. The molecule has 1 fully saturated rings. The van der Waals surface area contributed by atoms with Crippen molar-refractivity contribution in [1.29, 1.82) is 0 Å². The number of anilines is 1. The number of aromatic nitrogens is 1. The number of carbonyl (C=O) groups excluding carboxylic acids is 1. The zero-order valence-electron chi connectivity index (χ0n) is 10.8. The number of hydrogen-bond donors (Lipinski definition) is 2. The van der Waals surface area contributed by atoms with Gasteiger partial charge in [-0.15, -0.1) is 0 Å². The molecule has 2 heterocycles. The van der Waals surface area contributed by atoms with Crippen LogP contribution in [0.15, 0.2) is 12.3 Å². The van der Waals surface area contributed by atoms with Crippen molar-refractivity contribution in [3.05, 3.63) is 22.8 Å². The van der Waals surface area contributed by atoms with E-state index in [-0.39, 0.29) is 29.7 Å². The Balaban J connectivity index is 1.85. The number of amides is 1. The molecule has 9 heteroatoms. The lowest BCUT2D eigenvalue weighted by molar-refractivity contribution is -0.141. The van der Waals surface area contributed by atoms with Gasteiger partial charge in [-0.2, -0.15) is 13.2 Å². The second-order valence-electron chi connectivity index (χ2n) is 4.68. The van der Waals surface area contributed by atoms with E-state index in [2.05, 4.69) is 10.3 Å². The second kappa shape index (κ2) is 6.07.